The molecule has 0 bridgehead atoms. The van der Waals surface area contributed by atoms with Gasteiger partial charge < -0.3 is 0 Å². The highest BCUT2D eigenvalue weighted by Crippen LogP contribution is 2.30. The van der Waals surface area contributed by atoms with Crippen LogP contribution in [0.1, 0.15) is 21.7 Å². The van der Waals surface area contributed by atoms with Gasteiger partial charge in [-0.15, -0.1) is 11.3 Å². The zero-order valence-electron chi connectivity index (χ0n) is 15.4. The summed E-state index contributed by atoms with van der Waals surface area (Å²) in [6, 6.07) is 18.4. The lowest BCUT2D eigenvalue weighted by molar-refractivity contribution is 1.35. The summed E-state index contributed by atoms with van der Waals surface area (Å²) in [4.78, 5) is 9.16. The fourth-order valence-corrected chi connectivity index (χ4v) is 3.98. The van der Waals surface area contributed by atoms with Crippen molar-refractivity contribution >= 4 is 45.5 Å². The average molecular weight is 402 g/mol. The van der Waals surface area contributed by atoms with Gasteiger partial charge in [0, 0.05) is 21.9 Å². The summed E-state index contributed by atoms with van der Waals surface area (Å²) in [6.07, 6.45) is 1.76. The third kappa shape index (κ3) is 3.55. The Balaban J connectivity index is 1.74. The number of allylic oxidation sites excluding steroid dienone is 1. The molecule has 0 aliphatic heterocycles. The van der Waals surface area contributed by atoms with Crippen molar-refractivity contribution in [2.45, 2.75) is 13.8 Å². The van der Waals surface area contributed by atoms with Crippen molar-refractivity contribution in [3.8, 4) is 17.3 Å². The van der Waals surface area contributed by atoms with E-state index in [4.69, 9.17) is 11.6 Å². The Bertz CT molecular complexity index is 1250. The van der Waals surface area contributed by atoms with E-state index < -0.39 is 0 Å². The van der Waals surface area contributed by atoms with Crippen molar-refractivity contribution < 1.29 is 0 Å². The average Bonchev–Trinajstić information content (AvgIpc) is 3.17. The van der Waals surface area contributed by atoms with Crippen molar-refractivity contribution in [2.75, 3.05) is 0 Å². The third-order valence-electron chi connectivity index (χ3n) is 4.53. The van der Waals surface area contributed by atoms with E-state index in [1.165, 1.54) is 16.9 Å². The van der Waals surface area contributed by atoms with Crippen LogP contribution in [-0.2, 0) is 0 Å². The molecule has 4 aromatic rings. The summed E-state index contributed by atoms with van der Waals surface area (Å²) >= 11 is 7.84. The van der Waals surface area contributed by atoms with Gasteiger partial charge in [-0.1, -0.05) is 59.6 Å². The molecule has 3 nitrogen and oxygen atoms in total. The normalized spacial score (nSPS) is 11.6. The molecule has 5 heteroatoms. The molecule has 0 unspecified atom stereocenters. The van der Waals surface area contributed by atoms with Crippen LogP contribution in [0.2, 0.25) is 5.15 Å². The number of pyridine rings is 1. The largest absolute Gasteiger partial charge is 0.235 e. The minimum atomic E-state index is 0.380. The topological polar surface area (TPSA) is 49.6 Å². The number of hydrogen-bond acceptors (Lipinski definition) is 4. The van der Waals surface area contributed by atoms with E-state index in [0.29, 0.717) is 21.3 Å². The smallest absolute Gasteiger partial charge is 0.137 e. The molecule has 0 atom stereocenters. The molecule has 0 radical (unpaired) electrons. The van der Waals surface area contributed by atoms with Gasteiger partial charge in [-0.05, 0) is 31.6 Å². The Labute approximate surface area is 172 Å². The number of aryl methyl sites for hydroxylation is 2. The molecular weight excluding hydrogens is 386 g/mol. The second kappa shape index (κ2) is 7.55. The summed E-state index contributed by atoms with van der Waals surface area (Å²) in [5.74, 6) is 0. The number of halogens is 1. The first-order valence-electron chi connectivity index (χ1n) is 8.76. The maximum Gasteiger partial charge on any atom is 0.137 e. The van der Waals surface area contributed by atoms with Crippen LogP contribution in [0.5, 0.6) is 0 Å². The summed E-state index contributed by atoms with van der Waals surface area (Å²) in [6.45, 7) is 4.06. The Morgan fingerprint density at radius 1 is 1.11 bits per heavy atom. The summed E-state index contributed by atoms with van der Waals surface area (Å²) in [7, 11) is 0. The first kappa shape index (κ1) is 18.4. The second-order valence-electron chi connectivity index (χ2n) is 6.59. The molecule has 0 N–H and O–H groups in total. The Kier molecular flexibility index (Phi) is 4.95. The van der Waals surface area contributed by atoms with Gasteiger partial charge in [0.1, 0.15) is 16.2 Å². The van der Waals surface area contributed by atoms with Crippen LogP contribution in [0, 0.1) is 25.2 Å². The lowest BCUT2D eigenvalue weighted by Gasteiger charge is -2.05. The molecule has 136 valence electrons. The molecule has 28 heavy (non-hydrogen) atoms. The number of nitriles is 1. The molecule has 0 spiro atoms. The summed E-state index contributed by atoms with van der Waals surface area (Å²) in [5.41, 5.74) is 6.22. The number of nitrogens with zero attached hydrogens (tertiary/aromatic N) is 3. The van der Waals surface area contributed by atoms with Gasteiger partial charge in [0.2, 0.25) is 0 Å². The fraction of sp³-hybridized carbons (Fsp3) is 0.0870. The highest BCUT2D eigenvalue weighted by molar-refractivity contribution is 7.11. The molecule has 2 aromatic heterocycles. The van der Waals surface area contributed by atoms with Gasteiger partial charge in [0.25, 0.3) is 0 Å². The van der Waals surface area contributed by atoms with E-state index in [1.54, 1.807) is 6.08 Å². The predicted molar refractivity (Wildman–Crippen MR) is 117 cm³/mol. The first-order chi connectivity index (χ1) is 13.5. The van der Waals surface area contributed by atoms with E-state index in [1.807, 2.05) is 48.7 Å². The van der Waals surface area contributed by atoms with Crippen LogP contribution < -0.4 is 0 Å². The van der Waals surface area contributed by atoms with Crippen LogP contribution in [0.4, 0.5) is 0 Å². The first-order valence-corrected chi connectivity index (χ1v) is 10.0. The van der Waals surface area contributed by atoms with Crippen LogP contribution in [0.25, 0.3) is 33.8 Å². The minimum absolute atomic E-state index is 0.380. The van der Waals surface area contributed by atoms with Crippen molar-refractivity contribution in [3.63, 3.8) is 0 Å². The zero-order valence-corrected chi connectivity index (χ0v) is 17.0. The van der Waals surface area contributed by atoms with Gasteiger partial charge >= 0.3 is 0 Å². The number of rotatable bonds is 3. The highest BCUT2D eigenvalue weighted by Gasteiger charge is 2.11. The maximum atomic E-state index is 9.69. The van der Waals surface area contributed by atoms with Crippen LogP contribution in [0.3, 0.4) is 0 Å². The van der Waals surface area contributed by atoms with Crippen molar-refractivity contribution in [1.82, 2.24) is 9.97 Å². The van der Waals surface area contributed by atoms with E-state index in [9.17, 15) is 5.26 Å². The van der Waals surface area contributed by atoms with Gasteiger partial charge in [0.15, 0.2) is 0 Å². The molecule has 0 aliphatic rings. The Hall–Kier alpha value is -3.00. The van der Waals surface area contributed by atoms with E-state index in [2.05, 4.69) is 35.1 Å². The Morgan fingerprint density at radius 3 is 2.64 bits per heavy atom. The maximum absolute atomic E-state index is 9.69. The number of thiazole rings is 1. The van der Waals surface area contributed by atoms with Gasteiger partial charge in [0.05, 0.1) is 16.8 Å². The molecule has 0 saturated carbocycles. The molecule has 0 saturated heterocycles. The minimum Gasteiger partial charge on any atom is -0.235 e. The summed E-state index contributed by atoms with van der Waals surface area (Å²) < 4.78 is 0. The van der Waals surface area contributed by atoms with Crippen molar-refractivity contribution in [2.24, 2.45) is 0 Å². The number of para-hydroxylation sites is 1. The summed E-state index contributed by atoms with van der Waals surface area (Å²) in [5, 5.41) is 13.7. The molecular formula is C23H16ClN3S. The monoisotopic (exact) mass is 401 g/mol. The Morgan fingerprint density at radius 2 is 1.89 bits per heavy atom. The highest BCUT2D eigenvalue weighted by atomic mass is 35.5. The molecule has 0 fully saturated rings. The van der Waals surface area contributed by atoms with Gasteiger partial charge in [-0.3, -0.25) is 0 Å². The standard InChI is InChI=1S/C23H16ClN3S/c1-14-6-8-16(9-7-14)20-13-28-23(26-20)19(12-25)11-18-10-17-5-3-4-15(2)21(17)27-22(18)24/h3-11,13H,1-2H3/b19-11+. The third-order valence-corrected chi connectivity index (χ3v) is 5.71. The molecule has 0 amide bonds. The zero-order chi connectivity index (χ0) is 19.7. The molecule has 2 heterocycles. The number of aromatic nitrogens is 2. The van der Waals surface area contributed by atoms with E-state index >= 15 is 0 Å². The number of fused-ring (bicyclic) bond motifs is 1. The van der Waals surface area contributed by atoms with Gasteiger partial charge in [-0.2, -0.15) is 5.26 Å². The molecule has 4 rings (SSSR count). The van der Waals surface area contributed by atoms with Crippen molar-refractivity contribution in [1.29, 1.82) is 5.26 Å². The molecule has 2 aromatic carbocycles. The van der Waals surface area contributed by atoms with E-state index in [-0.39, 0.29) is 0 Å². The molecule has 0 aliphatic carbocycles. The predicted octanol–water partition coefficient (Wildman–Crippen LogP) is 6.69. The fourth-order valence-electron chi connectivity index (χ4n) is 2.99. The van der Waals surface area contributed by atoms with Crippen LogP contribution in [-0.4, -0.2) is 9.97 Å². The lowest BCUT2D eigenvalue weighted by atomic mass is 10.1. The SMILES string of the molecule is Cc1ccc(-c2csc(/C(C#N)=C/c3cc4cccc(C)c4nc3Cl)n2)cc1. The van der Waals surface area contributed by atoms with Crippen molar-refractivity contribution in [3.05, 3.63) is 80.8 Å². The second-order valence-corrected chi connectivity index (χ2v) is 7.80. The van der Waals surface area contributed by atoms with Crippen LogP contribution in [0.15, 0.2) is 53.9 Å². The number of hydrogen-bond donors (Lipinski definition) is 0. The quantitative estimate of drug-likeness (QED) is 0.283. The lowest BCUT2D eigenvalue weighted by Crippen LogP contribution is -1.89. The van der Waals surface area contributed by atoms with E-state index in [0.717, 1.165) is 27.7 Å². The number of benzene rings is 2. The van der Waals surface area contributed by atoms with Crippen LogP contribution >= 0.6 is 22.9 Å². The van der Waals surface area contributed by atoms with Gasteiger partial charge in [-0.25, -0.2) is 9.97 Å².